The molecule has 3 aromatic rings. The Morgan fingerprint density at radius 1 is 1.03 bits per heavy atom. The zero-order valence-electron chi connectivity index (χ0n) is 20.6. The fraction of sp³-hybridized carbons (Fsp3) is 0.484. The van der Waals surface area contributed by atoms with Crippen molar-refractivity contribution in [3.8, 4) is 0 Å². The van der Waals surface area contributed by atoms with Crippen molar-refractivity contribution in [1.29, 1.82) is 0 Å². The number of amides is 1. The average Bonchev–Trinajstić information content (AvgIpc) is 3.59. The van der Waals surface area contributed by atoms with Crippen molar-refractivity contribution in [2.24, 2.45) is 11.8 Å². The van der Waals surface area contributed by atoms with Gasteiger partial charge in [0, 0.05) is 24.0 Å². The highest BCUT2D eigenvalue weighted by Crippen LogP contribution is 2.53. The molecule has 0 bridgehead atoms. The second-order valence-electron chi connectivity index (χ2n) is 11.2. The van der Waals surface area contributed by atoms with Gasteiger partial charge in [-0.1, -0.05) is 49.7 Å². The standard InChI is InChI=1S/C31H35N3O/c1-32-29-20-24-12-13-25(19-28(24)33-29)30(35)34-17-14-22(15-18-34)21-31(26-9-3-4-10-26)16-6-8-23-7-2-5-11-27(23)31/h2,5,7,11-13,19-20,22,26,33H,3-4,6,8-10,14-18,21H2. The first-order valence-corrected chi connectivity index (χ1v) is 13.5. The van der Waals surface area contributed by atoms with Crippen molar-refractivity contribution in [3.05, 3.63) is 76.6 Å². The average molecular weight is 466 g/mol. The minimum atomic E-state index is 0.123. The summed E-state index contributed by atoms with van der Waals surface area (Å²) in [4.78, 5) is 21.9. The number of piperidine rings is 1. The zero-order valence-corrected chi connectivity index (χ0v) is 20.6. The van der Waals surface area contributed by atoms with Gasteiger partial charge in [-0.15, -0.1) is 0 Å². The number of carbonyl (C=O) groups is 1. The molecule has 3 aliphatic rings. The summed E-state index contributed by atoms with van der Waals surface area (Å²) >= 11 is 0. The third-order valence-electron chi connectivity index (χ3n) is 9.29. The number of aromatic nitrogens is 1. The molecule has 1 aromatic heterocycles. The molecule has 2 aliphatic carbocycles. The van der Waals surface area contributed by atoms with Gasteiger partial charge in [0.2, 0.25) is 5.82 Å². The predicted molar refractivity (Wildman–Crippen MR) is 141 cm³/mol. The number of likely N-dealkylation sites (tertiary alicyclic amines) is 1. The maximum absolute atomic E-state index is 13.3. The van der Waals surface area contributed by atoms with Crippen molar-refractivity contribution in [2.75, 3.05) is 13.1 Å². The lowest BCUT2D eigenvalue weighted by Crippen LogP contribution is -2.43. The third-order valence-corrected chi connectivity index (χ3v) is 9.29. The van der Waals surface area contributed by atoms with E-state index in [1.54, 1.807) is 11.1 Å². The Hall–Kier alpha value is -3.06. The van der Waals surface area contributed by atoms with Crippen LogP contribution in [0.5, 0.6) is 0 Å². The second kappa shape index (κ2) is 9.19. The van der Waals surface area contributed by atoms with E-state index < -0.39 is 0 Å². The van der Waals surface area contributed by atoms with Gasteiger partial charge in [-0.3, -0.25) is 4.79 Å². The summed E-state index contributed by atoms with van der Waals surface area (Å²) in [6.45, 7) is 8.91. The van der Waals surface area contributed by atoms with Crippen molar-refractivity contribution in [2.45, 2.75) is 69.6 Å². The minimum absolute atomic E-state index is 0.123. The number of rotatable bonds is 4. The summed E-state index contributed by atoms with van der Waals surface area (Å²) in [7, 11) is 0. The Kier molecular flexibility index (Phi) is 5.88. The number of hydrogen-bond acceptors (Lipinski definition) is 1. The van der Waals surface area contributed by atoms with Gasteiger partial charge in [0.15, 0.2) is 0 Å². The number of hydrogen-bond donors (Lipinski definition) is 1. The fourth-order valence-electron chi connectivity index (χ4n) is 7.58. The third kappa shape index (κ3) is 4.05. The van der Waals surface area contributed by atoms with Crippen molar-refractivity contribution in [3.63, 3.8) is 0 Å². The van der Waals surface area contributed by atoms with E-state index in [1.807, 2.05) is 29.2 Å². The van der Waals surface area contributed by atoms with Gasteiger partial charge in [-0.2, -0.15) is 0 Å². The first-order valence-electron chi connectivity index (χ1n) is 13.5. The van der Waals surface area contributed by atoms with E-state index >= 15 is 0 Å². The Bertz CT molecular complexity index is 1270. The number of H-pyrrole nitrogens is 1. The molecule has 1 saturated heterocycles. The SMILES string of the molecule is [C-]#[N+]c1cc2ccc(C(=O)N3CCC(CC4(C5CCCC5)CCCc5ccccc54)CC3)cc2[nH]1. The summed E-state index contributed by atoms with van der Waals surface area (Å²) in [6, 6.07) is 16.9. The summed E-state index contributed by atoms with van der Waals surface area (Å²) < 4.78 is 0. The van der Waals surface area contributed by atoms with Crippen LogP contribution in [0.1, 0.15) is 79.3 Å². The van der Waals surface area contributed by atoms with Crippen LogP contribution in [0.2, 0.25) is 0 Å². The van der Waals surface area contributed by atoms with Gasteiger partial charge in [0.05, 0.1) is 0 Å². The molecule has 2 heterocycles. The van der Waals surface area contributed by atoms with Crippen LogP contribution in [0.15, 0.2) is 48.5 Å². The summed E-state index contributed by atoms with van der Waals surface area (Å²) in [6.07, 6.45) is 13.0. The molecule has 4 heteroatoms. The monoisotopic (exact) mass is 465 g/mol. The van der Waals surface area contributed by atoms with Gasteiger partial charge in [0.1, 0.15) is 5.52 Å². The van der Waals surface area contributed by atoms with Crippen LogP contribution in [0, 0.1) is 18.4 Å². The van der Waals surface area contributed by atoms with Crippen LogP contribution in [-0.4, -0.2) is 28.9 Å². The van der Waals surface area contributed by atoms with Crippen LogP contribution < -0.4 is 0 Å². The Morgan fingerprint density at radius 2 is 1.83 bits per heavy atom. The highest BCUT2D eigenvalue weighted by atomic mass is 16.2. The number of nitrogens with zero attached hydrogens (tertiary/aromatic N) is 2. The van der Waals surface area contributed by atoms with Crippen LogP contribution in [-0.2, 0) is 11.8 Å². The lowest BCUT2D eigenvalue weighted by Gasteiger charge is -2.47. The molecule has 6 rings (SSSR count). The molecule has 1 saturated carbocycles. The van der Waals surface area contributed by atoms with Gasteiger partial charge in [-0.05, 0) is 97.9 Å². The molecular weight excluding hydrogens is 430 g/mol. The van der Waals surface area contributed by atoms with Crippen LogP contribution in [0.25, 0.3) is 15.7 Å². The molecule has 2 aromatic carbocycles. The van der Waals surface area contributed by atoms with E-state index in [2.05, 4.69) is 34.1 Å². The quantitative estimate of drug-likeness (QED) is 0.400. The first-order chi connectivity index (χ1) is 17.2. The second-order valence-corrected chi connectivity index (χ2v) is 11.2. The highest BCUT2D eigenvalue weighted by molar-refractivity contribution is 5.98. The Morgan fingerprint density at radius 3 is 2.63 bits per heavy atom. The van der Waals surface area contributed by atoms with Gasteiger partial charge in [0.25, 0.3) is 5.91 Å². The lowest BCUT2D eigenvalue weighted by molar-refractivity contribution is 0.0653. The maximum Gasteiger partial charge on any atom is 0.254 e. The molecule has 4 nitrogen and oxygen atoms in total. The van der Waals surface area contributed by atoms with Crippen molar-refractivity contribution < 1.29 is 4.79 Å². The lowest BCUT2D eigenvalue weighted by atomic mass is 9.58. The minimum Gasteiger partial charge on any atom is -0.364 e. The molecule has 1 aliphatic heterocycles. The number of aryl methyl sites for hydroxylation is 1. The van der Waals surface area contributed by atoms with E-state index in [0.717, 1.165) is 48.3 Å². The smallest absolute Gasteiger partial charge is 0.254 e. The molecule has 0 spiro atoms. The zero-order chi connectivity index (χ0) is 23.8. The Balaban J connectivity index is 1.17. The molecule has 1 N–H and O–H groups in total. The van der Waals surface area contributed by atoms with Crippen molar-refractivity contribution >= 4 is 22.6 Å². The number of aromatic amines is 1. The first kappa shape index (κ1) is 22.4. The van der Waals surface area contributed by atoms with Gasteiger partial charge < -0.3 is 14.7 Å². The predicted octanol–water partition coefficient (Wildman–Crippen LogP) is 7.43. The molecule has 2 fully saturated rings. The molecule has 1 unspecified atom stereocenters. The van der Waals surface area contributed by atoms with E-state index in [0.29, 0.717) is 17.2 Å². The normalized spacial score (nSPS) is 23.3. The van der Waals surface area contributed by atoms with Crippen LogP contribution in [0.4, 0.5) is 5.82 Å². The maximum atomic E-state index is 13.3. The highest BCUT2D eigenvalue weighted by Gasteiger charge is 2.45. The van der Waals surface area contributed by atoms with E-state index in [9.17, 15) is 4.79 Å². The summed E-state index contributed by atoms with van der Waals surface area (Å²) in [5, 5.41) is 0.983. The number of benzene rings is 2. The molecular formula is C31H35N3O. The Labute approximate surface area is 208 Å². The molecule has 0 radical (unpaired) electrons. The number of fused-ring (bicyclic) bond motifs is 2. The van der Waals surface area contributed by atoms with Gasteiger partial charge in [-0.25, -0.2) is 0 Å². The van der Waals surface area contributed by atoms with Gasteiger partial charge >= 0.3 is 0 Å². The van der Waals surface area contributed by atoms with E-state index in [-0.39, 0.29) is 5.91 Å². The summed E-state index contributed by atoms with van der Waals surface area (Å²) in [5.41, 5.74) is 5.19. The van der Waals surface area contributed by atoms with Crippen LogP contribution in [0.3, 0.4) is 0 Å². The topological polar surface area (TPSA) is 40.5 Å². The van der Waals surface area contributed by atoms with E-state index in [4.69, 9.17) is 6.57 Å². The molecule has 180 valence electrons. The summed E-state index contributed by atoms with van der Waals surface area (Å²) in [5.74, 6) is 2.16. The molecule has 35 heavy (non-hydrogen) atoms. The van der Waals surface area contributed by atoms with E-state index in [1.165, 1.54) is 51.4 Å². The van der Waals surface area contributed by atoms with Crippen molar-refractivity contribution in [1.82, 2.24) is 9.88 Å². The fourth-order valence-corrected chi connectivity index (χ4v) is 7.58. The molecule has 1 atom stereocenters. The molecule has 1 amide bonds. The number of nitrogens with one attached hydrogen (secondary N) is 1. The van der Waals surface area contributed by atoms with Crippen LogP contribution >= 0.6 is 0 Å². The number of carbonyl (C=O) groups excluding carboxylic acids is 1. The largest absolute Gasteiger partial charge is 0.364 e.